The van der Waals surface area contributed by atoms with Crippen molar-refractivity contribution in [2.24, 2.45) is 5.92 Å². The molecule has 0 spiro atoms. The normalized spacial score (nSPS) is 22.8. The Hall–Kier alpha value is -0.130. The average Bonchev–Trinajstić information content (AvgIpc) is 2.79. The van der Waals surface area contributed by atoms with Crippen LogP contribution < -0.4 is 5.32 Å². The summed E-state index contributed by atoms with van der Waals surface area (Å²) in [6, 6.07) is 0.0455. The molecule has 5 heteroatoms. The highest BCUT2D eigenvalue weighted by Crippen LogP contribution is 2.18. The third kappa shape index (κ3) is 5.36. The molecule has 0 amide bonds. The largest absolute Gasteiger partial charge is 0.381 e. The van der Waals surface area contributed by atoms with E-state index in [0.717, 1.165) is 32.3 Å². The summed E-state index contributed by atoms with van der Waals surface area (Å²) >= 11 is 0. The summed E-state index contributed by atoms with van der Waals surface area (Å²) in [6.07, 6.45) is 3.81. The first-order valence-electron chi connectivity index (χ1n) is 6.54. The first-order valence-corrected chi connectivity index (χ1v) is 8.36. The van der Waals surface area contributed by atoms with Crippen LogP contribution in [0.1, 0.15) is 32.6 Å². The molecule has 0 aromatic carbocycles. The van der Waals surface area contributed by atoms with Crippen molar-refractivity contribution >= 4 is 9.84 Å². The van der Waals surface area contributed by atoms with Crippen LogP contribution in [0.4, 0.5) is 0 Å². The van der Waals surface area contributed by atoms with E-state index >= 15 is 0 Å². The molecule has 0 bridgehead atoms. The van der Waals surface area contributed by atoms with Crippen molar-refractivity contribution in [1.29, 1.82) is 0 Å². The second-order valence-corrected chi connectivity index (χ2v) is 7.07. The SMILES string of the molecule is CCCCCS(=O)(=O)CC(NC)C1CCOC1. The fourth-order valence-electron chi connectivity index (χ4n) is 2.25. The van der Waals surface area contributed by atoms with Gasteiger partial charge in [0.25, 0.3) is 0 Å². The highest BCUT2D eigenvalue weighted by Gasteiger charge is 2.28. The van der Waals surface area contributed by atoms with Gasteiger partial charge in [0.15, 0.2) is 9.84 Å². The number of hydrogen-bond acceptors (Lipinski definition) is 4. The molecule has 0 saturated carbocycles. The van der Waals surface area contributed by atoms with Crippen LogP contribution in [0.2, 0.25) is 0 Å². The van der Waals surface area contributed by atoms with E-state index in [2.05, 4.69) is 12.2 Å². The van der Waals surface area contributed by atoms with Crippen LogP contribution in [-0.4, -0.2) is 46.2 Å². The molecule has 102 valence electrons. The van der Waals surface area contributed by atoms with Crippen LogP contribution in [0.5, 0.6) is 0 Å². The van der Waals surface area contributed by atoms with E-state index in [-0.39, 0.29) is 11.8 Å². The van der Waals surface area contributed by atoms with Crippen molar-refractivity contribution in [2.75, 3.05) is 31.8 Å². The smallest absolute Gasteiger partial charge is 0.151 e. The number of unbranched alkanes of at least 4 members (excludes halogenated alkanes) is 2. The van der Waals surface area contributed by atoms with Crippen molar-refractivity contribution in [3.05, 3.63) is 0 Å². The molecular weight excluding hydrogens is 238 g/mol. The third-order valence-electron chi connectivity index (χ3n) is 3.40. The molecule has 1 aliphatic rings. The van der Waals surface area contributed by atoms with Gasteiger partial charge in [-0.3, -0.25) is 0 Å². The molecule has 17 heavy (non-hydrogen) atoms. The number of hydrogen-bond donors (Lipinski definition) is 1. The minimum absolute atomic E-state index is 0.0455. The Kier molecular flexibility index (Phi) is 6.44. The predicted octanol–water partition coefficient (Wildman–Crippen LogP) is 1.22. The minimum Gasteiger partial charge on any atom is -0.381 e. The van der Waals surface area contributed by atoms with Gasteiger partial charge in [-0.15, -0.1) is 0 Å². The van der Waals surface area contributed by atoms with Gasteiger partial charge < -0.3 is 10.1 Å². The van der Waals surface area contributed by atoms with E-state index in [4.69, 9.17) is 4.74 Å². The molecule has 1 N–H and O–H groups in total. The maximum absolute atomic E-state index is 12.0. The van der Waals surface area contributed by atoms with Crippen LogP contribution in [-0.2, 0) is 14.6 Å². The van der Waals surface area contributed by atoms with Crippen molar-refractivity contribution in [1.82, 2.24) is 5.32 Å². The van der Waals surface area contributed by atoms with Crippen molar-refractivity contribution in [2.45, 2.75) is 38.6 Å². The van der Waals surface area contributed by atoms with E-state index in [1.807, 2.05) is 7.05 Å². The predicted molar refractivity (Wildman–Crippen MR) is 70.0 cm³/mol. The van der Waals surface area contributed by atoms with E-state index in [0.29, 0.717) is 18.3 Å². The van der Waals surface area contributed by atoms with E-state index in [1.165, 1.54) is 0 Å². The topological polar surface area (TPSA) is 55.4 Å². The van der Waals surface area contributed by atoms with Gasteiger partial charge in [-0.2, -0.15) is 0 Å². The molecule has 1 heterocycles. The summed E-state index contributed by atoms with van der Waals surface area (Å²) in [4.78, 5) is 0. The zero-order chi connectivity index (χ0) is 12.7. The van der Waals surface area contributed by atoms with Crippen molar-refractivity contribution in [3.63, 3.8) is 0 Å². The van der Waals surface area contributed by atoms with Gasteiger partial charge in [0.2, 0.25) is 0 Å². The van der Waals surface area contributed by atoms with Gasteiger partial charge in [0.1, 0.15) is 0 Å². The maximum Gasteiger partial charge on any atom is 0.151 e. The molecular formula is C12H25NO3S. The lowest BCUT2D eigenvalue weighted by atomic mass is 10.0. The summed E-state index contributed by atoms with van der Waals surface area (Å²) in [6.45, 7) is 3.54. The van der Waals surface area contributed by atoms with Gasteiger partial charge in [-0.05, 0) is 19.9 Å². The van der Waals surface area contributed by atoms with Crippen LogP contribution in [0.25, 0.3) is 0 Å². The Morgan fingerprint density at radius 2 is 2.18 bits per heavy atom. The maximum atomic E-state index is 12.0. The fourth-order valence-corrected chi connectivity index (χ4v) is 4.05. The summed E-state index contributed by atoms with van der Waals surface area (Å²) in [5.74, 6) is 0.925. The third-order valence-corrected chi connectivity index (χ3v) is 5.17. The van der Waals surface area contributed by atoms with Crippen LogP contribution in [0.15, 0.2) is 0 Å². The molecule has 1 saturated heterocycles. The Morgan fingerprint density at radius 1 is 1.41 bits per heavy atom. The van der Waals surface area contributed by atoms with Gasteiger partial charge >= 0.3 is 0 Å². The van der Waals surface area contributed by atoms with E-state index in [9.17, 15) is 8.42 Å². The Labute approximate surface area is 105 Å². The van der Waals surface area contributed by atoms with Crippen LogP contribution in [0.3, 0.4) is 0 Å². The molecule has 0 aromatic heterocycles. The molecule has 1 aliphatic heterocycles. The van der Waals surface area contributed by atoms with Gasteiger partial charge in [-0.25, -0.2) is 8.42 Å². The van der Waals surface area contributed by atoms with Gasteiger partial charge in [0.05, 0.1) is 18.1 Å². The Bertz CT molecular complexity index is 297. The monoisotopic (exact) mass is 263 g/mol. The van der Waals surface area contributed by atoms with Gasteiger partial charge in [-0.1, -0.05) is 19.8 Å². The standard InChI is InChI=1S/C12H25NO3S/c1-3-4-5-8-17(14,15)10-12(13-2)11-6-7-16-9-11/h11-13H,3-10H2,1-2H3. The van der Waals surface area contributed by atoms with Crippen molar-refractivity contribution < 1.29 is 13.2 Å². The zero-order valence-corrected chi connectivity index (χ0v) is 11.8. The second-order valence-electron chi connectivity index (χ2n) is 4.84. The lowest BCUT2D eigenvalue weighted by Gasteiger charge is -2.21. The number of rotatable bonds is 8. The summed E-state index contributed by atoms with van der Waals surface area (Å²) in [5.41, 5.74) is 0. The molecule has 2 unspecified atom stereocenters. The first-order chi connectivity index (χ1) is 8.09. The highest BCUT2D eigenvalue weighted by atomic mass is 32.2. The minimum atomic E-state index is -2.92. The van der Waals surface area contributed by atoms with Crippen LogP contribution in [0, 0.1) is 5.92 Å². The molecule has 2 atom stereocenters. The molecule has 0 aromatic rings. The Morgan fingerprint density at radius 3 is 2.71 bits per heavy atom. The molecule has 0 radical (unpaired) electrons. The fraction of sp³-hybridized carbons (Fsp3) is 1.00. The first kappa shape index (κ1) is 14.9. The van der Waals surface area contributed by atoms with Crippen molar-refractivity contribution in [3.8, 4) is 0 Å². The second kappa shape index (κ2) is 7.34. The van der Waals surface area contributed by atoms with E-state index < -0.39 is 9.84 Å². The number of nitrogens with one attached hydrogen (secondary N) is 1. The summed E-state index contributed by atoms with van der Waals surface area (Å²) in [5, 5.41) is 3.13. The highest BCUT2D eigenvalue weighted by molar-refractivity contribution is 7.91. The molecule has 1 fully saturated rings. The zero-order valence-electron chi connectivity index (χ0n) is 10.9. The number of sulfone groups is 1. The van der Waals surface area contributed by atoms with Gasteiger partial charge in [0, 0.05) is 18.6 Å². The molecule has 0 aliphatic carbocycles. The number of ether oxygens (including phenoxy) is 1. The summed E-state index contributed by atoms with van der Waals surface area (Å²) in [7, 11) is -1.08. The van der Waals surface area contributed by atoms with Crippen LogP contribution >= 0.6 is 0 Å². The van der Waals surface area contributed by atoms with E-state index in [1.54, 1.807) is 0 Å². The molecule has 4 nitrogen and oxygen atoms in total. The molecule has 1 rings (SSSR count). The summed E-state index contributed by atoms with van der Waals surface area (Å²) < 4.78 is 29.2. The lowest BCUT2D eigenvalue weighted by Crippen LogP contribution is -2.40. The Balaban J connectivity index is 2.42. The quantitative estimate of drug-likeness (QED) is 0.669. The average molecular weight is 263 g/mol. The lowest BCUT2D eigenvalue weighted by molar-refractivity contribution is 0.179.